The first-order valence-corrected chi connectivity index (χ1v) is 14.4. The highest BCUT2D eigenvalue weighted by atomic mass is 32.2. The number of nitrogens with zero attached hydrogens (tertiary/aromatic N) is 1. The molecule has 3 nitrogen and oxygen atoms in total. The zero-order chi connectivity index (χ0) is 23.9. The topological polar surface area (TPSA) is 29.5 Å². The van der Waals surface area contributed by atoms with Gasteiger partial charge in [-0.05, 0) is 68.3 Å². The largest absolute Gasteiger partial charge is 0.374 e. The van der Waals surface area contributed by atoms with Gasteiger partial charge in [-0.1, -0.05) is 84.9 Å². The van der Waals surface area contributed by atoms with E-state index >= 15 is 0 Å². The number of likely N-dealkylation sites (tertiary alicyclic amines) is 1. The van der Waals surface area contributed by atoms with Gasteiger partial charge in [0.05, 0.1) is 23.5 Å². The molecule has 1 spiro atoms. The molecule has 3 aromatic carbocycles. The number of rotatable bonds is 5. The second-order valence-corrected chi connectivity index (χ2v) is 11.7. The zero-order valence-corrected chi connectivity index (χ0v) is 21.4. The van der Waals surface area contributed by atoms with Gasteiger partial charge in [-0.2, -0.15) is 0 Å². The lowest BCUT2D eigenvalue weighted by molar-refractivity contribution is 0.0408. The van der Waals surface area contributed by atoms with Crippen molar-refractivity contribution in [3.63, 3.8) is 0 Å². The number of hydrogen-bond acceptors (Lipinski definition) is 3. The quantitative estimate of drug-likeness (QED) is 0.428. The zero-order valence-electron chi connectivity index (χ0n) is 20.6. The van der Waals surface area contributed by atoms with Crippen molar-refractivity contribution >= 4 is 10.8 Å². The molecular formula is C31H37NO2S. The van der Waals surface area contributed by atoms with Crippen molar-refractivity contribution in [2.45, 2.75) is 55.1 Å². The molecule has 1 aliphatic carbocycles. The summed E-state index contributed by atoms with van der Waals surface area (Å²) in [4.78, 5) is 3.74. The molecule has 0 bridgehead atoms. The Labute approximate surface area is 213 Å². The monoisotopic (exact) mass is 487 g/mol. The summed E-state index contributed by atoms with van der Waals surface area (Å²) in [7, 11) is -0.808. The number of ether oxygens (including phenoxy) is 1. The van der Waals surface area contributed by atoms with Crippen molar-refractivity contribution in [3.05, 3.63) is 102 Å². The number of piperidine rings is 1. The van der Waals surface area contributed by atoms with E-state index in [1.54, 1.807) is 0 Å². The molecule has 2 aliphatic heterocycles. The molecular weight excluding hydrogens is 450 g/mol. The predicted octanol–water partition coefficient (Wildman–Crippen LogP) is 6.21. The Morgan fingerprint density at radius 1 is 0.829 bits per heavy atom. The Morgan fingerprint density at radius 2 is 1.46 bits per heavy atom. The highest BCUT2D eigenvalue weighted by Gasteiger charge is 2.44. The van der Waals surface area contributed by atoms with Gasteiger partial charge < -0.3 is 9.64 Å². The summed E-state index contributed by atoms with van der Waals surface area (Å²) in [6.07, 6.45) is 6.39. The number of fused-ring (bicyclic) bond motifs is 2. The van der Waals surface area contributed by atoms with Gasteiger partial charge in [-0.15, -0.1) is 0 Å². The molecule has 0 aromatic heterocycles. The average molecular weight is 488 g/mol. The first-order valence-electron chi connectivity index (χ1n) is 13.1. The predicted molar refractivity (Wildman–Crippen MR) is 144 cm³/mol. The van der Waals surface area contributed by atoms with Crippen molar-refractivity contribution in [1.82, 2.24) is 4.90 Å². The van der Waals surface area contributed by atoms with Crippen molar-refractivity contribution in [3.8, 4) is 0 Å². The number of hydrogen-bond donors (Lipinski definition) is 0. The Bertz CT molecular complexity index is 1050. The van der Waals surface area contributed by atoms with E-state index in [0.29, 0.717) is 6.10 Å². The molecule has 4 heteroatoms. The summed E-state index contributed by atoms with van der Waals surface area (Å²) >= 11 is 0. The maximum Gasteiger partial charge on any atom is 0.0720 e. The summed E-state index contributed by atoms with van der Waals surface area (Å²) in [6.45, 7) is 4.21. The first kappa shape index (κ1) is 24.4. The molecule has 3 aromatic rings. The Morgan fingerprint density at radius 3 is 2.17 bits per heavy atom. The van der Waals surface area contributed by atoms with Crippen molar-refractivity contribution in [1.29, 1.82) is 0 Å². The molecule has 3 unspecified atom stereocenters. The summed E-state index contributed by atoms with van der Waals surface area (Å²) in [5, 5.41) is 0. The second-order valence-electron chi connectivity index (χ2n) is 10.3. The smallest absolute Gasteiger partial charge is 0.0720 e. The van der Waals surface area contributed by atoms with Crippen molar-refractivity contribution in [2.75, 3.05) is 25.4 Å². The van der Waals surface area contributed by atoms with Crippen LogP contribution in [0.5, 0.6) is 0 Å². The van der Waals surface area contributed by atoms with Crippen LogP contribution >= 0.6 is 0 Å². The molecule has 0 amide bonds. The molecule has 0 radical (unpaired) electrons. The molecule has 2 fully saturated rings. The molecule has 3 atom stereocenters. The van der Waals surface area contributed by atoms with Gasteiger partial charge in [0, 0.05) is 22.6 Å². The summed E-state index contributed by atoms with van der Waals surface area (Å²) in [5.74, 6) is 1.59. The van der Waals surface area contributed by atoms with Crippen LogP contribution in [0.25, 0.3) is 0 Å². The van der Waals surface area contributed by atoms with Gasteiger partial charge in [0.25, 0.3) is 0 Å². The lowest BCUT2D eigenvalue weighted by atomic mass is 9.74. The van der Waals surface area contributed by atoms with Crippen LogP contribution in [0.4, 0.5) is 0 Å². The average Bonchev–Trinajstić information content (AvgIpc) is 3.48. The van der Waals surface area contributed by atoms with Crippen molar-refractivity contribution in [2.24, 2.45) is 5.92 Å². The van der Waals surface area contributed by atoms with E-state index in [4.69, 9.17) is 4.74 Å². The Kier molecular flexibility index (Phi) is 8.13. The third kappa shape index (κ3) is 6.11. The molecule has 6 rings (SSSR count). The van der Waals surface area contributed by atoms with Crippen LogP contribution in [-0.4, -0.2) is 40.6 Å². The highest BCUT2D eigenvalue weighted by Crippen LogP contribution is 2.45. The Hall–Kier alpha value is -2.27. The normalized spacial score (nSPS) is 25.1. The van der Waals surface area contributed by atoms with E-state index in [2.05, 4.69) is 53.4 Å². The molecule has 35 heavy (non-hydrogen) atoms. The maximum atomic E-state index is 12.6. The van der Waals surface area contributed by atoms with Crippen LogP contribution in [0.3, 0.4) is 0 Å². The lowest BCUT2D eigenvalue weighted by Gasteiger charge is -2.40. The van der Waals surface area contributed by atoms with Crippen LogP contribution < -0.4 is 0 Å². The van der Waals surface area contributed by atoms with Gasteiger partial charge in [0.2, 0.25) is 0 Å². The third-order valence-electron chi connectivity index (χ3n) is 7.93. The van der Waals surface area contributed by atoms with E-state index in [1.807, 2.05) is 42.5 Å². The molecule has 3 aliphatic rings. The first-order chi connectivity index (χ1) is 17.2. The van der Waals surface area contributed by atoms with Gasteiger partial charge in [-0.3, -0.25) is 4.21 Å². The van der Waals surface area contributed by atoms with Crippen LogP contribution in [0.15, 0.2) is 95.9 Å². The van der Waals surface area contributed by atoms with Crippen LogP contribution in [0.2, 0.25) is 0 Å². The van der Waals surface area contributed by atoms with Gasteiger partial charge >= 0.3 is 0 Å². The molecule has 2 heterocycles. The van der Waals surface area contributed by atoms with E-state index in [-0.39, 0.29) is 5.41 Å². The minimum Gasteiger partial charge on any atom is -0.374 e. The number of benzene rings is 3. The molecule has 1 saturated heterocycles. The SMILES string of the molecule is O=S1CC2(CCN(CC3CCC(OCc4ccccc4)C3)CC2)c2ccccc21.c1ccccc1. The van der Waals surface area contributed by atoms with Gasteiger partial charge in [0.1, 0.15) is 0 Å². The van der Waals surface area contributed by atoms with Gasteiger partial charge in [-0.25, -0.2) is 0 Å². The fourth-order valence-corrected chi connectivity index (χ4v) is 7.83. The fourth-order valence-electron chi connectivity index (χ4n) is 5.97. The minimum absolute atomic E-state index is 0.162. The van der Waals surface area contributed by atoms with E-state index in [9.17, 15) is 4.21 Å². The van der Waals surface area contributed by atoms with Crippen LogP contribution in [-0.2, 0) is 27.6 Å². The Balaban J connectivity index is 0.000000371. The second kappa shape index (κ2) is 11.6. The summed E-state index contributed by atoms with van der Waals surface area (Å²) < 4.78 is 18.8. The van der Waals surface area contributed by atoms with Crippen LogP contribution in [0.1, 0.15) is 43.2 Å². The van der Waals surface area contributed by atoms with Crippen LogP contribution in [0, 0.1) is 5.92 Å². The van der Waals surface area contributed by atoms with Crippen molar-refractivity contribution < 1.29 is 8.95 Å². The fraction of sp³-hybridized carbons (Fsp3) is 0.419. The third-order valence-corrected chi connectivity index (χ3v) is 9.59. The highest BCUT2D eigenvalue weighted by molar-refractivity contribution is 7.85. The molecule has 1 saturated carbocycles. The maximum absolute atomic E-state index is 12.6. The van der Waals surface area contributed by atoms with Gasteiger partial charge in [0.15, 0.2) is 0 Å². The summed E-state index contributed by atoms with van der Waals surface area (Å²) in [6, 6.07) is 30.9. The summed E-state index contributed by atoms with van der Waals surface area (Å²) in [5.41, 5.74) is 2.80. The lowest BCUT2D eigenvalue weighted by Crippen LogP contribution is -2.44. The van der Waals surface area contributed by atoms with E-state index in [1.165, 1.54) is 36.9 Å². The minimum atomic E-state index is -0.808. The van der Waals surface area contributed by atoms with E-state index in [0.717, 1.165) is 49.1 Å². The molecule has 184 valence electrons. The van der Waals surface area contributed by atoms with E-state index < -0.39 is 10.8 Å². The standard InChI is InChI=1S/C25H31NO2S.C6H6/c27-29-19-25(23-8-4-5-9-24(23)29)12-14-26(15-13-25)17-21-10-11-22(16-21)28-18-20-6-2-1-3-7-20;1-2-4-6-5-3-1/h1-9,21-22H,10-19H2;1-6H. The molecule has 0 N–H and O–H groups in total.